The van der Waals surface area contributed by atoms with Crippen molar-refractivity contribution in [2.45, 2.75) is 6.92 Å². The van der Waals surface area contributed by atoms with E-state index in [0.29, 0.717) is 22.5 Å². The van der Waals surface area contributed by atoms with Crippen molar-refractivity contribution in [3.63, 3.8) is 0 Å². The van der Waals surface area contributed by atoms with Crippen molar-refractivity contribution in [3.05, 3.63) is 53.9 Å². The number of nitriles is 1. The molecule has 0 bridgehead atoms. The van der Waals surface area contributed by atoms with Gasteiger partial charge in [0.05, 0.1) is 0 Å². The fourth-order valence-corrected chi connectivity index (χ4v) is 2.10. The third-order valence-corrected chi connectivity index (χ3v) is 3.21. The molecule has 5 heteroatoms. The van der Waals surface area contributed by atoms with Crippen LogP contribution in [0.4, 0.5) is 5.69 Å². The summed E-state index contributed by atoms with van der Waals surface area (Å²) in [5.74, 6) is 0.795. The van der Waals surface area contributed by atoms with Gasteiger partial charge in [0.25, 0.3) is 0 Å². The lowest BCUT2D eigenvalue weighted by Crippen LogP contribution is -1.96. The van der Waals surface area contributed by atoms with Crippen molar-refractivity contribution < 1.29 is 4.74 Å². The predicted octanol–water partition coefficient (Wildman–Crippen LogP) is 3.18. The third-order valence-electron chi connectivity index (χ3n) is 3.21. The first-order valence-electron chi connectivity index (χ1n) is 6.37. The molecule has 0 aliphatic carbocycles. The van der Waals surface area contributed by atoms with E-state index in [1.54, 1.807) is 30.6 Å². The molecule has 0 amide bonds. The van der Waals surface area contributed by atoms with Crippen LogP contribution in [0, 0.1) is 18.3 Å². The Kier molecular flexibility index (Phi) is 3.13. The molecule has 0 aliphatic heterocycles. The monoisotopic (exact) mass is 276 g/mol. The van der Waals surface area contributed by atoms with E-state index >= 15 is 0 Å². The number of fused-ring (bicyclic) bond motifs is 1. The summed E-state index contributed by atoms with van der Waals surface area (Å²) in [6.45, 7) is 1.84. The van der Waals surface area contributed by atoms with Gasteiger partial charge < -0.3 is 10.5 Å². The average Bonchev–Trinajstić information content (AvgIpc) is 2.51. The predicted molar refractivity (Wildman–Crippen MR) is 79.9 cm³/mol. The lowest BCUT2D eigenvalue weighted by atomic mass is 10.1. The number of ether oxygens (including phenoxy) is 1. The van der Waals surface area contributed by atoms with Crippen molar-refractivity contribution in [1.29, 1.82) is 5.26 Å². The number of hydrogen-bond donors (Lipinski definition) is 1. The standard InChI is InChI=1S/C16H12N4O/c1-10-6-8-20-16(12(10)9-17)21-14-5-4-13(18)11-3-2-7-19-15(11)14/h2-8H,18H2,1H3. The summed E-state index contributed by atoms with van der Waals surface area (Å²) in [6.07, 6.45) is 3.28. The van der Waals surface area contributed by atoms with Gasteiger partial charge in [-0.1, -0.05) is 0 Å². The summed E-state index contributed by atoms with van der Waals surface area (Å²) in [5.41, 5.74) is 8.44. The fraction of sp³-hybridized carbons (Fsp3) is 0.0625. The number of hydrogen-bond acceptors (Lipinski definition) is 5. The van der Waals surface area contributed by atoms with Gasteiger partial charge in [0.1, 0.15) is 17.1 Å². The summed E-state index contributed by atoms with van der Waals surface area (Å²) in [7, 11) is 0. The van der Waals surface area contributed by atoms with Gasteiger partial charge in [-0.3, -0.25) is 4.98 Å². The van der Waals surface area contributed by atoms with Gasteiger partial charge in [-0.2, -0.15) is 5.26 Å². The van der Waals surface area contributed by atoms with E-state index < -0.39 is 0 Å². The molecule has 0 fully saturated rings. The summed E-state index contributed by atoms with van der Waals surface area (Å²) < 4.78 is 5.80. The summed E-state index contributed by atoms with van der Waals surface area (Å²) >= 11 is 0. The second-order valence-corrected chi connectivity index (χ2v) is 4.57. The molecule has 5 nitrogen and oxygen atoms in total. The van der Waals surface area contributed by atoms with Crippen LogP contribution < -0.4 is 10.5 Å². The molecule has 21 heavy (non-hydrogen) atoms. The van der Waals surface area contributed by atoms with E-state index in [-0.39, 0.29) is 5.88 Å². The molecule has 0 atom stereocenters. The first-order valence-corrected chi connectivity index (χ1v) is 6.37. The molecule has 102 valence electrons. The number of nitrogens with two attached hydrogens (primary N) is 1. The molecule has 0 spiro atoms. The van der Waals surface area contributed by atoms with Gasteiger partial charge in [-0.15, -0.1) is 0 Å². The molecule has 0 radical (unpaired) electrons. The van der Waals surface area contributed by atoms with Crippen LogP contribution in [0.25, 0.3) is 10.9 Å². The molecule has 1 aromatic carbocycles. The van der Waals surface area contributed by atoms with Crippen LogP contribution in [0.5, 0.6) is 11.6 Å². The molecule has 2 aromatic heterocycles. The van der Waals surface area contributed by atoms with E-state index in [0.717, 1.165) is 10.9 Å². The highest BCUT2D eigenvalue weighted by Gasteiger charge is 2.12. The topological polar surface area (TPSA) is 84.8 Å². The zero-order chi connectivity index (χ0) is 14.8. The highest BCUT2D eigenvalue weighted by Crippen LogP contribution is 2.32. The van der Waals surface area contributed by atoms with Gasteiger partial charge in [0.15, 0.2) is 5.75 Å². The van der Waals surface area contributed by atoms with Gasteiger partial charge in [0.2, 0.25) is 5.88 Å². The van der Waals surface area contributed by atoms with Crippen LogP contribution >= 0.6 is 0 Å². The minimum absolute atomic E-state index is 0.272. The van der Waals surface area contributed by atoms with E-state index in [2.05, 4.69) is 16.0 Å². The minimum atomic E-state index is 0.272. The van der Waals surface area contributed by atoms with Crippen molar-refractivity contribution in [2.24, 2.45) is 0 Å². The Morgan fingerprint density at radius 1 is 1.14 bits per heavy atom. The smallest absolute Gasteiger partial charge is 0.237 e. The zero-order valence-electron chi connectivity index (χ0n) is 11.4. The van der Waals surface area contributed by atoms with Crippen LogP contribution in [0.15, 0.2) is 42.7 Å². The van der Waals surface area contributed by atoms with Crippen LogP contribution in [0.1, 0.15) is 11.1 Å². The van der Waals surface area contributed by atoms with Crippen molar-refractivity contribution in [2.75, 3.05) is 5.73 Å². The largest absolute Gasteiger partial charge is 0.435 e. The fourth-order valence-electron chi connectivity index (χ4n) is 2.10. The summed E-state index contributed by atoms with van der Waals surface area (Å²) in [5, 5.41) is 10.0. The molecule has 0 saturated heterocycles. The Labute approximate surface area is 121 Å². The molecule has 2 N–H and O–H groups in total. The van der Waals surface area contributed by atoms with E-state index in [9.17, 15) is 5.26 Å². The van der Waals surface area contributed by atoms with Crippen molar-refractivity contribution >= 4 is 16.6 Å². The van der Waals surface area contributed by atoms with Crippen molar-refractivity contribution in [1.82, 2.24) is 9.97 Å². The highest BCUT2D eigenvalue weighted by molar-refractivity contribution is 5.94. The molecular formula is C16H12N4O. The first-order chi connectivity index (χ1) is 10.2. The van der Waals surface area contributed by atoms with Gasteiger partial charge in [-0.05, 0) is 42.8 Å². The number of benzene rings is 1. The Bertz CT molecular complexity index is 868. The summed E-state index contributed by atoms with van der Waals surface area (Å²) in [4.78, 5) is 8.43. The SMILES string of the molecule is Cc1ccnc(Oc2ccc(N)c3cccnc23)c1C#N. The van der Waals surface area contributed by atoms with Gasteiger partial charge >= 0.3 is 0 Å². The molecule has 2 heterocycles. The number of aryl methyl sites for hydroxylation is 1. The van der Waals surface area contributed by atoms with Gasteiger partial charge in [-0.25, -0.2) is 4.98 Å². The number of nitrogen functional groups attached to an aromatic ring is 1. The second-order valence-electron chi connectivity index (χ2n) is 4.57. The minimum Gasteiger partial charge on any atom is -0.435 e. The van der Waals surface area contributed by atoms with Gasteiger partial charge in [0, 0.05) is 23.5 Å². The normalized spacial score (nSPS) is 10.3. The highest BCUT2D eigenvalue weighted by atomic mass is 16.5. The maximum atomic E-state index is 9.23. The van der Waals surface area contributed by atoms with Crippen molar-refractivity contribution in [3.8, 4) is 17.7 Å². The molecule has 3 aromatic rings. The quantitative estimate of drug-likeness (QED) is 0.726. The maximum absolute atomic E-state index is 9.23. The number of nitrogens with zero attached hydrogens (tertiary/aromatic N) is 3. The van der Waals surface area contributed by atoms with E-state index in [4.69, 9.17) is 10.5 Å². The third kappa shape index (κ3) is 2.23. The zero-order valence-corrected chi connectivity index (χ0v) is 11.4. The van der Waals surface area contributed by atoms with Crippen LogP contribution in [0.2, 0.25) is 0 Å². The maximum Gasteiger partial charge on any atom is 0.237 e. The Morgan fingerprint density at radius 3 is 2.81 bits per heavy atom. The molecule has 0 saturated carbocycles. The average molecular weight is 276 g/mol. The first kappa shape index (κ1) is 12.9. The number of anilines is 1. The van der Waals surface area contributed by atoms with Crippen LogP contribution in [-0.2, 0) is 0 Å². The van der Waals surface area contributed by atoms with E-state index in [1.807, 2.05) is 19.1 Å². The molecule has 0 aliphatic rings. The molecular weight excluding hydrogens is 264 g/mol. The number of aromatic nitrogens is 2. The van der Waals surface area contributed by atoms with E-state index in [1.165, 1.54) is 0 Å². The molecule has 3 rings (SSSR count). The Morgan fingerprint density at radius 2 is 2.00 bits per heavy atom. The Balaban J connectivity index is 2.14. The lowest BCUT2D eigenvalue weighted by Gasteiger charge is -2.10. The van der Waals surface area contributed by atoms with Crippen LogP contribution in [0.3, 0.4) is 0 Å². The molecule has 0 unspecified atom stereocenters. The number of rotatable bonds is 2. The second kappa shape index (κ2) is 5.10. The lowest BCUT2D eigenvalue weighted by molar-refractivity contribution is 0.465. The summed E-state index contributed by atoms with van der Waals surface area (Å²) in [6, 6.07) is 11.1. The number of pyridine rings is 2. The Hall–Kier alpha value is -3.13. The van der Waals surface area contributed by atoms with Crippen LogP contribution in [-0.4, -0.2) is 9.97 Å².